The predicted molar refractivity (Wildman–Crippen MR) is 102 cm³/mol. The first-order valence-corrected chi connectivity index (χ1v) is 8.21. The second-order valence-corrected chi connectivity index (χ2v) is 5.63. The lowest BCUT2D eigenvalue weighted by Crippen LogP contribution is -1.86. The van der Waals surface area contributed by atoms with Crippen molar-refractivity contribution in [2.45, 2.75) is 0 Å². The number of hydrogen-bond acceptors (Lipinski definition) is 5. The molecule has 6 nitrogen and oxygen atoms in total. The van der Waals surface area contributed by atoms with E-state index in [0.29, 0.717) is 27.9 Å². The number of benzene rings is 2. The molecule has 4 aromatic rings. The summed E-state index contributed by atoms with van der Waals surface area (Å²) in [7, 11) is 0. The smallest absolute Gasteiger partial charge is 0.150 e. The molecule has 0 fully saturated rings. The monoisotopic (exact) mass is 354 g/mol. The number of H-pyrrole nitrogens is 1. The third-order valence-electron chi connectivity index (χ3n) is 3.86. The molecule has 2 bridgehead atoms. The van der Waals surface area contributed by atoms with Crippen molar-refractivity contribution < 1.29 is 8.83 Å². The van der Waals surface area contributed by atoms with Crippen LogP contribution < -0.4 is 0 Å². The highest BCUT2D eigenvalue weighted by atomic mass is 16.3. The van der Waals surface area contributed by atoms with E-state index in [1.165, 1.54) is 6.33 Å². The van der Waals surface area contributed by atoms with E-state index in [0.717, 1.165) is 10.9 Å². The number of nitriles is 1. The van der Waals surface area contributed by atoms with Crippen molar-refractivity contribution in [1.82, 2.24) is 15.0 Å². The summed E-state index contributed by atoms with van der Waals surface area (Å²) in [5, 5.41) is 10.0. The van der Waals surface area contributed by atoms with Gasteiger partial charge in [-0.15, -0.1) is 0 Å². The van der Waals surface area contributed by atoms with Crippen LogP contribution in [0, 0.1) is 11.3 Å². The Balaban J connectivity index is 2.19. The molecule has 0 amide bonds. The van der Waals surface area contributed by atoms with Gasteiger partial charge in [0.05, 0.1) is 35.2 Å². The summed E-state index contributed by atoms with van der Waals surface area (Å²) in [6.45, 7) is 0. The zero-order valence-electron chi connectivity index (χ0n) is 14.2. The molecule has 2 aromatic heterocycles. The Hall–Kier alpha value is -4.11. The number of rotatable bonds is 0. The van der Waals surface area contributed by atoms with E-state index in [4.69, 9.17) is 8.83 Å². The van der Waals surface area contributed by atoms with Gasteiger partial charge in [-0.1, -0.05) is 12.1 Å². The minimum atomic E-state index is 0.512. The van der Waals surface area contributed by atoms with Crippen LogP contribution in [-0.4, -0.2) is 15.0 Å². The van der Waals surface area contributed by atoms with Crippen LogP contribution >= 0.6 is 0 Å². The molecule has 2 heterocycles. The predicted octanol–water partition coefficient (Wildman–Crippen LogP) is 5.13. The van der Waals surface area contributed by atoms with Crippen molar-refractivity contribution in [3.63, 3.8) is 0 Å². The van der Waals surface area contributed by atoms with Gasteiger partial charge < -0.3 is 13.8 Å². The van der Waals surface area contributed by atoms with Gasteiger partial charge in [-0.2, -0.15) is 5.26 Å². The second-order valence-electron chi connectivity index (χ2n) is 5.63. The lowest BCUT2D eigenvalue weighted by Gasteiger charge is -1.99. The molecule has 1 N–H and O–H groups in total. The lowest BCUT2D eigenvalue weighted by molar-refractivity contribution is 0.603. The summed E-state index contributed by atoms with van der Waals surface area (Å²) in [4.78, 5) is 11.9. The zero-order chi connectivity index (χ0) is 18.5. The minimum absolute atomic E-state index is 0.512. The second kappa shape index (κ2) is 7.42. The molecule has 0 saturated carbocycles. The molecule has 6 heteroatoms. The van der Waals surface area contributed by atoms with Gasteiger partial charge in [0.15, 0.2) is 0 Å². The molecule has 2 aromatic carbocycles. The Morgan fingerprint density at radius 1 is 0.889 bits per heavy atom. The molecule has 0 aliphatic rings. The van der Waals surface area contributed by atoms with Crippen molar-refractivity contribution >= 4 is 33.2 Å². The fourth-order valence-corrected chi connectivity index (χ4v) is 2.59. The summed E-state index contributed by atoms with van der Waals surface area (Å²) in [6, 6.07) is 20.0. The number of nitrogens with zero attached hydrogens (tertiary/aromatic N) is 3. The Morgan fingerprint density at radius 3 is 2.59 bits per heavy atom. The highest BCUT2D eigenvalue weighted by Crippen LogP contribution is 2.18. The van der Waals surface area contributed by atoms with Crippen LogP contribution in [0.4, 0.5) is 0 Å². The summed E-state index contributed by atoms with van der Waals surface area (Å²) in [6.07, 6.45) is 4.64. The molecular weight excluding hydrogens is 340 g/mol. The van der Waals surface area contributed by atoms with E-state index in [1.807, 2.05) is 30.3 Å². The summed E-state index contributed by atoms with van der Waals surface area (Å²) in [5.74, 6) is 0. The van der Waals surface area contributed by atoms with Crippen LogP contribution in [-0.2, 0) is 0 Å². The van der Waals surface area contributed by atoms with E-state index in [1.54, 1.807) is 42.9 Å². The standard InChI is InChI=1S/C21H14N4O2/c22-13-15-5-8-20-19(11-15)25-21-17-12-16(6-7-18(17)23-14-24-21)26-9-3-1-2-4-10-27-20/h1-12,14H,(H,23,24,25). The van der Waals surface area contributed by atoms with E-state index in [9.17, 15) is 5.26 Å². The van der Waals surface area contributed by atoms with Crippen LogP contribution in [0.25, 0.3) is 33.2 Å². The molecule has 4 rings (SSSR count). The topological polar surface area (TPSA) is 91.6 Å². The fourth-order valence-electron chi connectivity index (χ4n) is 2.59. The number of hydrogen-bond donors (Lipinski definition) is 1. The molecule has 0 spiro atoms. The lowest BCUT2D eigenvalue weighted by atomic mass is 10.2. The minimum Gasteiger partial charge on any atom is -0.465 e. The molecular formula is C21H14N4O2. The van der Waals surface area contributed by atoms with Crippen LogP contribution in [0.3, 0.4) is 0 Å². The SMILES string of the molecule is N#Cc1ccc2occccccoc3ccc4ncnc([nH]c2c1)c4c3. The molecule has 0 saturated heterocycles. The van der Waals surface area contributed by atoms with Gasteiger partial charge in [-0.3, -0.25) is 0 Å². The Morgan fingerprint density at radius 2 is 1.74 bits per heavy atom. The van der Waals surface area contributed by atoms with Gasteiger partial charge in [-0.05, 0) is 48.5 Å². The van der Waals surface area contributed by atoms with Gasteiger partial charge in [0.2, 0.25) is 0 Å². The fraction of sp³-hybridized carbons (Fsp3) is 0. The third-order valence-corrected chi connectivity index (χ3v) is 3.86. The number of nitrogens with one attached hydrogen (secondary N) is 1. The molecule has 0 atom stereocenters. The molecule has 0 aliphatic heterocycles. The Bertz CT molecular complexity index is 1310. The van der Waals surface area contributed by atoms with Crippen molar-refractivity contribution in [2.75, 3.05) is 0 Å². The van der Waals surface area contributed by atoms with Crippen molar-refractivity contribution in [2.24, 2.45) is 0 Å². The van der Waals surface area contributed by atoms with Crippen LogP contribution in [0.1, 0.15) is 5.56 Å². The van der Waals surface area contributed by atoms with Gasteiger partial charge in [0.1, 0.15) is 23.1 Å². The number of aromatic nitrogens is 3. The molecule has 0 radical (unpaired) electrons. The quantitative estimate of drug-likeness (QED) is 0.472. The van der Waals surface area contributed by atoms with Crippen molar-refractivity contribution in [1.29, 1.82) is 5.26 Å². The van der Waals surface area contributed by atoms with E-state index in [2.05, 4.69) is 21.0 Å². The van der Waals surface area contributed by atoms with Crippen molar-refractivity contribution in [3.05, 3.63) is 85.1 Å². The van der Waals surface area contributed by atoms with Gasteiger partial charge in [0.25, 0.3) is 0 Å². The normalized spacial score (nSPS) is 10.2. The summed E-state index contributed by atoms with van der Waals surface area (Å²) < 4.78 is 11.3. The van der Waals surface area contributed by atoms with Crippen LogP contribution in [0.15, 0.2) is 88.4 Å². The van der Waals surface area contributed by atoms with E-state index >= 15 is 0 Å². The highest BCUT2D eigenvalue weighted by Gasteiger charge is 2.01. The van der Waals surface area contributed by atoms with Gasteiger partial charge in [0, 0.05) is 5.39 Å². The summed E-state index contributed by atoms with van der Waals surface area (Å²) >= 11 is 0. The molecule has 27 heavy (non-hydrogen) atoms. The molecule has 0 unspecified atom stereocenters. The van der Waals surface area contributed by atoms with E-state index in [-0.39, 0.29) is 0 Å². The zero-order valence-corrected chi connectivity index (χ0v) is 14.2. The first-order valence-electron chi connectivity index (χ1n) is 8.21. The Labute approximate surface area is 154 Å². The first-order chi connectivity index (χ1) is 13.3. The molecule has 130 valence electrons. The Kier molecular flexibility index (Phi) is 4.49. The largest absolute Gasteiger partial charge is 0.465 e. The average molecular weight is 354 g/mol. The van der Waals surface area contributed by atoms with Gasteiger partial charge in [-0.25, -0.2) is 9.97 Å². The number of fused-ring (bicyclic) bond motifs is 2. The van der Waals surface area contributed by atoms with Crippen LogP contribution in [0.5, 0.6) is 0 Å². The van der Waals surface area contributed by atoms with E-state index < -0.39 is 0 Å². The maximum Gasteiger partial charge on any atom is 0.150 e. The maximum atomic E-state index is 9.22. The third kappa shape index (κ3) is 3.62. The van der Waals surface area contributed by atoms with Crippen molar-refractivity contribution in [3.8, 4) is 6.07 Å². The average Bonchev–Trinajstić information content (AvgIpc) is 2.71. The maximum absolute atomic E-state index is 9.22. The summed E-state index contributed by atoms with van der Waals surface area (Å²) in [5.41, 5.74) is 3.74. The first kappa shape index (κ1) is 16.4. The van der Waals surface area contributed by atoms with Crippen LogP contribution in [0.2, 0.25) is 0 Å². The molecule has 0 aliphatic carbocycles. The van der Waals surface area contributed by atoms with Gasteiger partial charge >= 0.3 is 0 Å². The highest BCUT2D eigenvalue weighted by molar-refractivity contribution is 5.94. The number of aromatic amines is 1.